The van der Waals surface area contributed by atoms with Crippen molar-refractivity contribution in [2.24, 2.45) is 5.92 Å². The number of ether oxygens (including phenoxy) is 1. The van der Waals surface area contributed by atoms with E-state index in [0.717, 1.165) is 26.1 Å². The maximum absolute atomic E-state index is 8.70. The summed E-state index contributed by atoms with van der Waals surface area (Å²) in [4.78, 5) is 2.16. The second-order valence-electron chi connectivity index (χ2n) is 3.61. The Hall–Kier alpha value is -0.120. The quantitative estimate of drug-likeness (QED) is 0.665. The van der Waals surface area contributed by atoms with Crippen LogP contribution < -0.4 is 0 Å². The minimum atomic E-state index is 0.248. The standard InChI is InChI=1S/C9H19NO2/c1-8-9(3-6-12-8)7-10(2)4-5-11/h8-9,11H,3-7H2,1-2H3. The molecule has 0 aromatic heterocycles. The molecule has 2 unspecified atom stereocenters. The number of likely N-dealkylation sites (N-methyl/N-ethyl adjacent to an activating group) is 1. The van der Waals surface area contributed by atoms with Crippen LogP contribution in [0.25, 0.3) is 0 Å². The minimum Gasteiger partial charge on any atom is -0.395 e. The monoisotopic (exact) mass is 173 g/mol. The predicted molar refractivity (Wildman–Crippen MR) is 48.1 cm³/mol. The Balaban J connectivity index is 2.20. The van der Waals surface area contributed by atoms with Crippen molar-refractivity contribution in [3.8, 4) is 0 Å². The van der Waals surface area contributed by atoms with Gasteiger partial charge in [0.2, 0.25) is 0 Å². The average molecular weight is 173 g/mol. The Morgan fingerprint density at radius 3 is 2.83 bits per heavy atom. The highest BCUT2D eigenvalue weighted by atomic mass is 16.5. The van der Waals surface area contributed by atoms with E-state index in [2.05, 4.69) is 11.8 Å². The van der Waals surface area contributed by atoms with Crippen molar-refractivity contribution in [1.82, 2.24) is 4.90 Å². The summed E-state index contributed by atoms with van der Waals surface area (Å²) >= 11 is 0. The number of hydrogen-bond donors (Lipinski definition) is 1. The maximum Gasteiger partial charge on any atom is 0.0588 e. The first kappa shape index (κ1) is 9.96. The minimum absolute atomic E-state index is 0.248. The Labute approximate surface area is 74.3 Å². The van der Waals surface area contributed by atoms with Crippen LogP contribution in [-0.4, -0.2) is 49.5 Å². The van der Waals surface area contributed by atoms with Crippen molar-refractivity contribution in [2.45, 2.75) is 19.4 Å². The molecule has 0 amide bonds. The van der Waals surface area contributed by atoms with Crippen LogP contribution >= 0.6 is 0 Å². The van der Waals surface area contributed by atoms with Crippen LogP contribution in [0.5, 0.6) is 0 Å². The molecule has 3 nitrogen and oxygen atoms in total. The molecule has 0 aliphatic carbocycles. The molecule has 1 heterocycles. The Kier molecular flexibility index (Phi) is 3.98. The lowest BCUT2D eigenvalue weighted by molar-refractivity contribution is 0.0932. The fraction of sp³-hybridized carbons (Fsp3) is 1.00. The SMILES string of the molecule is CC1OCCC1CN(C)CCO. The normalized spacial score (nSPS) is 30.0. The molecule has 0 radical (unpaired) electrons. The van der Waals surface area contributed by atoms with E-state index in [1.54, 1.807) is 0 Å². The van der Waals surface area contributed by atoms with Gasteiger partial charge < -0.3 is 14.7 Å². The largest absolute Gasteiger partial charge is 0.395 e. The summed E-state index contributed by atoms with van der Waals surface area (Å²) in [6.45, 7) is 5.09. The van der Waals surface area contributed by atoms with Crippen LogP contribution in [0.15, 0.2) is 0 Å². The van der Waals surface area contributed by atoms with E-state index in [1.807, 2.05) is 7.05 Å². The molecular weight excluding hydrogens is 154 g/mol. The first-order chi connectivity index (χ1) is 5.74. The molecular formula is C9H19NO2. The van der Waals surface area contributed by atoms with Crippen LogP contribution in [0, 0.1) is 5.92 Å². The van der Waals surface area contributed by atoms with Crippen molar-refractivity contribution >= 4 is 0 Å². The number of rotatable bonds is 4. The fourth-order valence-corrected chi connectivity index (χ4v) is 1.68. The van der Waals surface area contributed by atoms with Crippen molar-refractivity contribution in [2.75, 3.05) is 33.4 Å². The number of hydrogen-bond acceptors (Lipinski definition) is 3. The molecule has 0 spiro atoms. The van der Waals surface area contributed by atoms with Crippen LogP contribution in [0.2, 0.25) is 0 Å². The van der Waals surface area contributed by atoms with Gasteiger partial charge in [0.1, 0.15) is 0 Å². The van der Waals surface area contributed by atoms with E-state index in [0.29, 0.717) is 12.0 Å². The van der Waals surface area contributed by atoms with E-state index >= 15 is 0 Å². The van der Waals surface area contributed by atoms with Gasteiger partial charge in [-0.25, -0.2) is 0 Å². The third kappa shape index (κ3) is 2.73. The van der Waals surface area contributed by atoms with Gasteiger partial charge in [-0.05, 0) is 26.3 Å². The van der Waals surface area contributed by atoms with Gasteiger partial charge in [0.15, 0.2) is 0 Å². The Bertz CT molecular complexity index is 130. The smallest absolute Gasteiger partial charge is 0.0588 e. The lowest BCUT2D eigenvalue weighted by Gasteiger charge is -2.21. The van der Waals surface area contributed by atoms with Gasteiger partial charge in [-0.1, -0.05) is 0 Å². The van der Waals surface area contributed by atoms with Gasteiger partial charge in [0, 0.05) is 19.7 Å². The number of aliphatic hydroxyl groups is 1. The van der Waals surface area contributed by atoms with Crippen LogP contribution in [0.3, 0.4) is 0 Å². The lowest BCUT2D eigenvalue weighted by atomic mass is 10.0. The van der Waals surface area contributed by atoms with Crippen LogP contribution in [0.1, 0.15) is 13.3 Å². The van der Waals surface area contributed by atoms with E-state index < -0.39 is 0 Å². The molecule has 12 heavy (non-hydrogen) atoms. The summed E-state index contributed by atoms with van der Waals surface area (Å²) in [5.41, 5.74) is 0. The van der Waals surface area contributed by atoms with Crippen molar-refractivity contribution in [1.29, 1.82) is 0 Å². The van der Waals surface area contributed by atoms with Crippen molar-refractivity contribution in [3.05, 3.63) is 0 Å². The summed E-state index contributed by atoms with van der Waals surface area (Å²) < 4.78 is 5.46. The Morgan fingerprint density at radius 2 is 2.33 bits per heavy atom. The van der Waals surface area contributed by atoms with Gasteiger partial charge in [0.25, 0.3) is 0 Å². The van der Waals surface area contributed by atoms with Gasteiger partial charge in [-0.2, -0.15) is 0 Å². The average Bonchev–Trinajstić information content (AvgIpc) is 2.37. The molecule has 0 saturated carbocycles. The summed E-state index contributed by atoms with van der Waals surface area (Å²) in [7, 11) is 2.04. The predicted octanol–water partition coefficient (Wildman–Crippen LogP) is 0.336. The zero-order chi connectivity index (χ0) is 8.97. The van der Waals surface area contributed by atoms with E-state index in [-0.39, 0.29) is 6.61 Å². The van der Waals surface area contributed by atoms with E-state index in [4.69, 9.17) is 9.84 Å². The highest BCUT2D eigenvalue weighted by Crippen LogP contribution is 2.20. The molecule has 1 aliphatic heterocycles. The first-order valence-corrected chi connectivity index (χ1v) is 4.65. The second-order valence-corrected chi connectivity index (χ2v) is 3.61. The molecule has 1 N–H and O–H groups in total. The molecule has 72 valence electrons. The lowest BCUT2D eigenvalue weighted by Crippen LogP contribution is -2.31. The van der Waals surface area contributed by atoms with Gasteiger partial charge in [-0.15, -0.1) is 0 Å². The molecule has 1 rings (SSSR count). The Morgan fingerprint density at radius 1 is 1.58 bits per heavy atom. The fourth-order valence-electron chi connectivity index (χ4n) is 1.68. The summed E-state index contributed by atoms with van der Waals surface area (Å²) in [5.74, 6) is 0.654. The summed E-state index contributed by atoms with van der Waals surface area (Å²) in [6.07, 6.45) is 1.56. The molecule has 2 atom stereocenters. The number of nitrogens with zero attached hydrogens (tertiary/aromatic N) is 1. The number of aliphatic hydroxyl groups excluding tert-OH is 1. The van der Waals surface area contributed by atoms with E-state index in [1.165, 1.54) is 0 Å². The molecule has 0 bridgehead atoms. The van der Waals surface area contributed by atoms with Crippen molar-refractivity contribution < 1.29 is 9.84 Å². The molecule has 1 aliphatic rings. The molecule has 0 aromatic rings. The maximum atomic E-state index is 8.70. The zero-order valence-electron chi connectivity index (χ0n) is 7.99. The summed E-state index contributed by atoms with van der Waals surface area (Å²) in [5, 5.41) is 8.70. The van der Waals surface area contributed by atoms with Crippen LogP contribution in [-0.2, 0) is 4.74 Å². The molecule has 3 heteroatoms. The molecule has 0 aromatic carbocycles. The molecule has 1 fully saturated rings. The second kappa shape index (κ2) is 4.80. The zero-order valence-corrected chi connectivity index (χ0v) is 7.99. The summed E-state index contributed by atoms with van der Waals surface area (Å²) in [6, 6.07) is 0. The first-order valence-electron chi connectivity index (χ1n) is 4.65. The highest BCUT2D eigenvalue weighted by molar-refractivity contribution is 4.74. The molecule has 1 saturated heterocycles. The topological polar surface area (TPSA) is 32.7 Å². The van der Waals surface area contributed by atoms with Gasteiger partial charge in [-0.3, -0.25) is 0 Å². The van der Waals surface area contributed by atoms with Crippen LogP contribution in [0.4, 0.5) is 0 Å². The highest BCUT2D eigenvalue weighted by Gasteiger charge is 2.24. The van der Waals surface area contributed by atoms with Gasteiger partial charge in [0.05, 0.1) is 12.7 Å². The third-order valence-electron chi connectivity index (χ3n) is 2.56. The third-order valence-corrected chi connectivity index (χ3v) is 2.56. The van der Waals surface area contributed by atoms with Gasteiger partial charge >= 0.3 is 0 Å². The van der Waals surface area contributed by atoms with Crippen molar-refractivity contribution in [3.63, 3.8) is 0 Å². The van der Waals surface area contributed by atoms with E-state index in [9.17, 15) is 0 Å².